The molecule has 0 amide bonds. The van der Waals surface area contributed by atoms with E-state index in [0.717, 1.165) is 6.42 Å². The number of phenolic OH excluding ortho intramolecular Hbond substituents is 2. The molecule has 2 spiro atoms. The Balaban J connectivity index is 1.19. The third kappa shape index (κ3) is 3.63. The van der Waals surface area contributed by atoms with E-state index in [9.17, 15) is 45.6 Å². The number of aliphatic hydroxyl groups is 6. The van der Waals surface area contributed by atoms with Crippen LogP contribution in [0.4, 0.5) is 0 Å². The summed E-state index contributed by atoms with van der Waals surface area (Å²) in [4.78, 5) is 14.7. The van der Waals surface area contributed by atoms with E-state index in [0.29, 0.717) is 36.8 Å². The molecule has 6 saturated carbocycles. The van der Waals surface area contributed by atoms with Gasteiger partial charge in [-0.25, -0.2) is 0 Å². The fourth-order valence-electron chi connectivity index (χ4n) is 14.7. The average molecular weight is 707 g/mol. The molecule has 10 heteroatoms. The Morgan fingerprint density at radius 3 is 2.22 bits per heavy atom. The van der Waals surface area contributed by atoms with Gasteiger partial charge in [0.15, 0.2) is 5.78 Å². The van der Waals surface area contributed by atoms with Gasteiger partial charge >= 0.3 is 0 Å². The highest BCUT2D eigenvalue weighted by Gasteiger charge is 2.84. The molecule has 11 rings (SSSR count). The van der Waals surface area contributed by atoms with Crippen molar-refractivity contribution in [2.45, 2.75) is 132 Å². The number of hydrogen-bond donors (Lipinski definition) is 8. The Labute approximate surface area is 298 Å². The predicted molar refractivity (Wildman–Crippen MR) is 184 cm³/mol. The lowest BCUT2D eigenvalue weighted by molar-refractivity contribution is -0.247. The lowest BCUT2D eigenvalue weighted by Crippen LogP contribution is -2.70. The van der Waals surface area contributed by atoms with Gasteiger partial charge in [0.1, 0.15) is 22.7 Å². The van der Waals surface area contributed by atoms with Crippen LogP contribution in [0, 0.1) is 45.3 Å². The smallest absolute Gasteiger partial charge is 0.160 e. The van der Waals surface area contributed by atoms with Crippen LogP contribution in [0.5, 0.6) is 11.5 Å². The fraction of sp³-hybridized carbons (Fsp3) is 0.732. The Hall–Kier alpha value is -2.31. The van der Waals surface area contributed by atoms with Crippen LogP contribution in [0.15, 0.2) is 42.0 Å². The molecule has 1 saturated heterocycles. The highest BCUT2D eigenvalue weighted by atomic mass is 16.6. The van der Waals surface area contributed by atoms with Gasteiger partial charge in [-0.2, -0.15) is 0 Å². The minimum absolute atomic E-state index is 0.0365. The van der Waals surface area contributed by atoms with Crippen molar-refractivity contribution < 1.29 is 50.4 Å². The average Bonchev–Trinajstić information content (AvgIpc) is 3.34. The molecule has 1 aliphatic heterocycles. The number of carbonyl (C=O) groups is 1. The summed E-state index contributed by atoms with van der Waals surface area (Å²) in [5.74, 6) is -3.61. The summed E-state index contributed by atoms with van der Waals surface area (Å²) in [6, 6.07) is 4.09. The van der Waals surface area contributed by atoms with Crippen molar-refractivity contribution in [3.63, 3.8) is 0 Å². The number of phenols is 2. The first-order chi connectivity index (χ1) is 23.8. The first-order valence-electron chi connectivity index (χ1n) is 19.1. The number of aromatic hydroxyl groups is 2. The number of allylic oxidation sites excluding steroid dienone is 2. The summed E-state index contributed by atoms with van der Waals surface area (Å²) in [6.45, 7) is 7.78. The fourth-order valence-corrected chi connectivity index (χ4v) is 14.7. The van der Waals surface area contributed by atoms with Crippen LogP contribution < -0.4 is 0 Å². The van der Waals surface area contributed by atoms with Gasteiger partial charge in [-0.15, -0.1) is 0 Å². The van der Waals surface area contributed by atoms with Crippen molar-refractivity contribution in [3.05, 3.63) is 47.6 Å². The lowest BCUT2D eigenvalue weighted by Gasteiger charge is -2.67. The van der Waals surface area contributed by atoms with Gasteiger partial charge in [0.05, 0.1) is 29.5 Å². The first kappa shape index (κ1) is 34.5. The van der Waals surface area contributed by atoms with Gasteiger partial charge in [-0.3, -0.25) is 4.79 Å². The zero-order valence-corrected chi connectivity index (χ0v) is 30.0. The van der Waals surface area contributed by atoms with E-state index in [-0.39, 0.29) is 66.8 Å². The lowest BCUT2D eigenvalue weighted by atomic mass is 9.38. The molecule has 278 valence electrons. The van der Waals surface area contributed by atoms with Crippen LogP contribution in [-0.2, 0) is 9.53 Å². The molecule has 10 nitrogen and oxygen atoms in total. The van der Waals surface area contributed by atoms with Crippen LogP contribution in [0.25, 0.3) is 0 Å². The molecule has 8 N–H and O–H groups in total. The molecule has 0 radical (unpaired) electrons. The molecule has 1 aromatic carbocycles. The van der Waals surface area contributed by atoms with Crippen molar-refractivity contribution in [3.8, 4) is 11.5 Å². The molecule has 6 bridgehead atoms. The summed E-state index contributed by atoms with van der Waals surface area (Å²) in [5, 5.41) is 94.7. The van der Waals surface area contributed by atoms with Crippen molar-refractivity contribution in [2.24, 2.45) is 45.3 Å². The molecule has 0 aromatic heterocycles. The maximum absolute atomic E-state index is 14.7. The number of aliphatic hydroxyl groups excluding tert-OH is 3. The van der Waals surface area contributed by atoms with Gasteiger partial charge in [0.25, 0.3) is 0 Å². The largest absolute Gasteiger partial charge is 0.508 e. The zero-order valence-electron chi connectivity index (χ0n) is 30.0. The second-order valence-electron chi connectivity index (χ2n) is 19.0. The van der Waals surface area contributed by atoms with Crippen LogP contribution >= 0.6 is 0 Å². The summed E-state index contributed by atoms with van der Waals surface area (Å²) < 4.78 is 7.13. The molecule has 9 aliphatic carbocycles. The molecule has 7 fully saturated rings. The minimum atomic E-state index is -1.73. The summed E-state index contributed by atoms with van der Waals surface area (Å²) in [7, 11) is 0. The van der Waals surface area contributed by atoms with E-state index < -0.39 is 74.7 Å². The number of rotatable bonds is 3. The molecule has 1 aromatic rings. The third-order valence-corrected chi connectivity index (χ3v) is 17.4. The predicted octanol–water partition coefficient (Wildman–Crippen LogP) is 3.37. The van der Waals surface area contributed by atoms with Gasteiger partial charge in [0, 0.05) is 60.0 Å². The number of hydrogen-bond acceptors (Lipinski definition) is 10. The number of ether oxygens (including phenoxy) is 1. The second kappa shape index (κ2) is 10.1. The van der Waals surface area contributed by atoms with Crippen LogP contribution in [0.2, 0.25) is 0 Å². The normalized spacial score (nSPS) is 56.4. The number of ketones is 1. The van der Waals surface area contributed by atoms with Crippen LogP contribution in [-0.4, -0.2) is 94.0 Å². The Kier molecular flexibility index (Phi) is 6.79. The summed E-state index contributed by atoms with van der Waals surface area (Å²) >= 11 is 0. The maximum atomic E-state index is 14.7. The Bertz CT molecular complexity index is 1760. The van der Waals surface area contributed by atoms with Gasteiger partial charge < -0.3 is 45.6 Å². The number of fused-ring (bicyclic) bond motifs is 8. The molecule has 0 unspecified atom stereocenters. The monoisotopic (exact) mass is 706 g/mol. The molecule has 16 atom stereocenters. The number of carbonyl (C=O) groups excluding carboxylic acids is 1. The molecular weight excluding hydrogens is 652 g/mol. The minimum Gasteiger partial charge on any atom is -0.508 e. The van der Waals surface area contributed by atoms with E-state index in [1.54, 1.807) is 6.08 Å². The standard InChI is InChI=1S/C41H54O10/c1-21-33(47)41(23-5-7-34(21,2)8-6-23)39(49,13-14-42)32-27(51-41)19-40(50)28-18-26(45)31-30(22-15-24(43)17-25(44)16-22)38(48)12-11-37(28,10-9-35(32,40)3)36(31,4)20-29(38)46/h5,7,15-18,21,23,27,29-33,42-44,46-50H,6,8-14,19-20H2,1-4H3/t21-,23-,27+,29+,30-,31-,32+,33+,34+,35-,36+,37-,38+,39-,40-,41+/m1/s1. The summed E-state index contributed by atoms with van der Waals surface area (Å²) in [5.41, 5.74) is -8.46. The quantitative estimate of drug-likeness (QED) is 0.217. The molecular formula is C41H54O10. The van der Waals surface area contributed by atoms with Crippen molar-refractivity contribution in [1.29, 1.82) is 0 Å². The van der Waals surface area contributed by atoms with Crippen molar-refractivity contribution in [1.82, 2.24) is 0 Å². The van der Waals surface area contributed by atoms with Crippen molar-refractivity contribution in [2.75, 3.05) is 6.61 Å². The van der Waals surface area contributed by atoms with Crippen LogP contribution in [0.3, 0.4) is 0 Å². The summed E-state index contributed by atoms with van der Waals surface area (Å²) in [6.07, 6.45) is 6.17. The van der Waals surface area contributed by atoms with Crippen LogP contribution in [0.1, 0.15) is 97.0 Å². The van der Waals surface area contributed by atoms with E-state index in [1.165, 1.54) is 18.2 Å². The first-order valence-corrected chi connectivity index (χ1v) is 19.1. The molecule has 10 aliphatic rings. The van der Waals surface area contributed by atoms with Crippen molar-refractivity contribution >= 4 is 5.78 Å². The van der Waals surface area contributed by atoms with E-state index in [4.69, 9.17) is 4.74 Å². The Morgan fingerprint density at radius 2 is 1.57 bits per heavy atom. The van der Waals surface area contributed by atoms with E-state index >= 15 is 0 Å². The topological polar surface area (TPSA) is 188 Å². The SMILES string of the molecule is C[C@@H]1[C@H](O)[C@@]2(O[C@H]3C[C@@]4(O)C5=CC(=O)[C@@H]6[C@@H](c7cc(O)cc(O)c7)[C@]7(O)CC[C@@]5(CC[C@]4(C)[C@H]3[C@]2(O)CCO)[C@@]6(C)C[C@@H]7O)[C@@H]2C=C[C@@]1(C)CC2. The number of benzene rings is 1. The van der Waals surface area contributed by atoms with E-state index in [2.05, 4.69) is 19.1 Å². The zero-order chi connectivity index (χ0) is 36.5. The molecule has 1 heterocycles. The maximum Gasteiger partial charge on any atom is 0.160 e. The van der Waals surface area contributed by atoms with Gasteiger partial charge in [-0.05, 0) is 91.0 Å². The van der Waals surface area contributed by atoms with Gasteiger partial charge in [0.2, 0.25) is 0 Å². The third-order valence-electron chi connectivity index (χ3n) is 17.4. The van der Waals surface area contributed by atoms with Gasteiger partial charge in [-0.1, -0.05) is 39.8 Å². The Morgan fingerprint density at radius 1 is 0.882 bits per heavy atom. The highest BCUT2D eigenvalue weighted by molar-refractivity contribution is 5.96. The van der Waals surface area contributed by atoms with E-state index in [1.807, 2.05) is 20.8 Å². The second-order valence-corrected chi connectivity index (χ2v) is 19.0. The molecule has 51 heavy (non-hydrogen) atoms. The highest BCUT2D eigenvalue weighted by Crippen LogP contribution is 2.80.